The zero-order chi connectivity index (χ0) is 26.3. The predicted molar refractivity (Wildman–Crippen MR) is 136 cm³/mol. The maximum Gasteiger partial charge on any atom is 0.243 e. The molecule has 2 aromatic carbocycles. The molecule has 0 radical (unpaired) electrons. The van der Waals surface area contributed by atoms with E-state index >= 15 is 0 Å². The van der Waals surface area contributed by atoms with Gasteiger partial charge < -0.3 is 24.3 Å². The Morgan fingerprint density at radius 1 is 0.889 bits per heavy atom. The summed E-state index contributed by atoms with van der Waals surface area (Å²) in [6, 6.07) is 9.27. The number of methoxy groups -OCH3 is 4. The van der Waals surface area contributed by atoms with Crippen LogP contribution < -0.4 is 24.3 Å². The molecule has 9 nitrogen and oxygen atoms in total. The average Bonchev–Trinajstić information content (AvgIpc) is 2.91. The Hall–Kier alpha value is -2.98. The Balaban J connectivity index is 1.84. The van der Waals surface area contributed by atoms with E-state index in [1.807, 2.05) is 13.0 Å². The molecule has 36 heavy (non-hydrogen) atoms. The van der Waals surface area contributed by atoms with Gasteiger partial charge in [-0.15, -0.1) is 0 Å². The maximum atomic E-state index is 13.8. The number of benzene rings is 2. The Bertz CT molecular complexity index is 1150. The second-order valence-electron chi connectivity index (χ2n) is 8.76. The van der Waals surface area contributed by atoms with E-state index in [-0.39, 0.29) is 29.4 Å². The number of carbonyl (C=O) groups excluding carboxylic acids is 1. The first-order valence-corrected chi connectivity index (χ1v) is 13.4. The number of sulfonamides is 1. The molecule has 1 atom stereocenters. The summed E-state index contributed by atoms with van der Waals surface area (Å²) in [6.07, 6.45) is 4.33. The van der Waals surface area contributed by atoms with E-state index in [0.29, 0.717) is 35.8 Å². The van der Waals surface area contributed by atoms with Crippen LogP contribution in [-0.4, -0.2) is 59.7 Å². The molecule has 0 bridgehead atoms. The Labute approximate surface area is 213 Å². The van der Waals surface area contributed by atoms with E-state index < -0.39 is 10.0 Å². The topological polar surface area (TPSA) is 103 Å². The van der Waals surface area contributed by atoms with Crippen LogP contribution >= 0.6 is 0 Å². The van der Waals surface area contributed by atoms with Crippen molar-refractivity contribution in [1.82, 2.24) is 9.62 Å². The van der Waals surface area contributed by atoms with Crippen LogP contribution in [0.15, 0.2) is 41.3 Å². The van der Waals surface area contributed by atoms with Gasteiger partial charge in [-0.25, -0.2) is 8.42 Å². The fourth-order valence-corrected chi connectivity index (χ4v) is 6.18. The van der Waals surface area contributed by atoms with Gasteiger partial charge in [0.25, 0.3) is 0 Å². The van der Waals surface area contributed by atoms with Gasteiger partial charge in [-0.3, -0.25) is 4.79 Å². The van der Waals surface area contributed by atoms with Crippen LogP contribution in [0.4, 0.5) is 0 Å². The molecular formula is C26H36N2O7S. The highest BCUT2D eigenvalue weighted by atomic mass is 32.2. The molecule has 0 aromatic heterocycles. The van der Waals surface area contributed by atoms with Gasteiger partial charge in [0.2, 0.25) is 15.9 Å². The summed E-state index contributed by atoms with van der Waals surface area (Å²) in [4.78, 5) is 13.2. The highest BCUT2D eigenvalue weighted by molar-refractivity contribution is 7.89. The SMILES string of the molecule is COc1ccc([C@H](C)NC(=O)CN(C2CCCCC2)S(=O)(=O)c2ccc(OC)c(OC)c2)cc1OC. The van der Waals surface area contributed by atoms with Crippen LogP contribution in [0.1, 0.15) is 50.6 Å². The second kappa shape index (κ2) is 12.3. The van der Waals surface area contributed by atoms with Gasteiger partial charge in [-0.2, -0.15) is 4.31 Å². The minimum absolute atomic E-state index is 0.0615. The molecular weight excluding hydrogens is 484 g/mol. The lowest BCUT2D eigenvalue weighted by Gasteiger charge is -2.33. The molecule has 0 heterocycles. The van der Waals surface area contributed by atoms with Gasteiger partial charge in [-0.1, -0.05) is 25.3 Å². The van der Waals surface area contributed by atoms with Crippen molar-refractivity contribution in [2.75, 3.05) is 35.0 Å². The predicted octanol–water partition coefficient (Wildman–Crippen LogP) is 3.92. The Morgan fingerprint density at radius 3 is 2.03 bits per heavy atom. The quantitative estimate of drug-likeness (QED) is 0.479. The molecule has 0 aliphatic heterocycles. The van der Waals surface area contributed by atoms with Crippen molar-refractivity contribution in [3.63, 3.8) is 0 Å². The summed E-state index contributed by atoms with van der Waals surface area (Å²) in [5, 5.41) is 2.93. The first kappa shape index (κ1) is 27.6. The average molecular weight is 521 g/mol. The summed E-state index contributed by atoms with van der Waals surface area (Å²) >= 11 is 0. The first-order valence-electron chi connectivity index (χ1n) is 12.0. The molecule has 10 heteroatoms. The molecule has 1 fully saturated rings. The van der Waals surface area contributed by atoms with E-state index in [4.69, 9.17) is 18.9 Å². The van der Waals surface area contributed by atoms with Crippen LogP contribution in [0.5, 0.6) is 23.0 Å². The maximum absolute atomic E-state index is 13.8. The zero-order valence-electron chi connectivity index (χ0n) is 21.6. The van der Waals surface area contributed by atoms with Crippen molar-refractivity contribution < 1.29 is 32.2 Å². The van der Waals surface area contributed by atoms with Gasteiger partial charge in [-0.05, 0) is 49.6 Å². The Kier molecular flexibility index (Phi) is 9.44. The normalized spacial score (nSPS) is 15.3. The van der Waals surface area contributed by atoms with Crippen LogP contribution in [0.2, 0.25) is 0 Å². The fourth-order valence-electron chi connectivity index (χ4n) is 4.53. The third-order valence-electron chi connectivity index (χ3n) is 6.53. The van der Waals surface area contributed by atoms with E-state index in [0.717, 1.165) is 24.8 Å². The molecule has 3 rings (SSSR count). The lowest BCUT2D eigenvalue weighted by Crippen LogP contribution is -2.47. The molecule has 1 saturated carbocycles. The van der Waals surface area contributed by atoms with Gasteiger partial charge in [0.05, 0.1) is 45.9 Å². The van der Waals surface area contributed by atoms with Gasteiger partial charge in [0.1, 0.15) is 0 Å². The summed E-state index contributed by atoms with van der Waals surface area (Å²) in [6.45, 7) is 1.56. The molecule has 198 valence electrons. The Morgan fingerprint density at radius 2 is 1.44 bits per heavy atom. The van der Waals surface area contributed by atoms with E-state index in [9.17, 15) is 13.2 Å². The zero-order valence-corrected chi connectivity index (χ0v) is 22.4. The number of nitrogens with zero attached hydrogens (tertiary/aromatic N) is 1. The molecule has 1 amide bonds. The molecule has 0 spiro atoms. The summed E-state index contributed by atoms with van der Waals surface area (Å²) in [7, 11) is 2.08. The minimum Gasteiger partial charge on any atom is -0.493 e. The van der Waals surface area contributed by atoms with E-state index in [1.165, 1.54) is 30.7 Å². The molecule has 0 unspecified atom stereocenters. The van der Waals surface area contributed by atoms with Gasteiger partial charge >= 0.3 is 0 Å². The smallest absolute Gasteiger partial charge is 0.243 e. The number of ether oxygens (including phenoxy) is 4. The largest absolute Gasteiger partial charge is 0.493 e. The lowest BCUT2D eigenvalue weighted by molar-refractivity contribution is -0.122. The third-order valence-corrected chi connectivity index (χ3v) is 8.42. The van der Waals surface area contributed by atoms with Crippen molar-refractivity contribution >= 4 is 15.9 Å². The minimum atomic E-state index is -3.97. The monoisotopic (exact) mass is 520 g/mol. The van der Waals surface area contributed by atoms with Crippen molar-refractivity contribution in [2.45, 2.75) is 56.0 Å². The number of carbonyl (C=O) groups is 1. The standard InChI is InChI=1S/C26H36N2O7S/c1-18(19-11-13-22(32-2)24(15-19)34-4)27-26(29)17-28(20-9-7-6-8-10-20)36(30,31)21-12-14-23(33-3)25(16-21)35-5/h11-16,18,20H,6-10,17H2,1-5H3,(H,27,29)/t18-/m0/s1. The molecule has 1 aliphatic carbocycles. The van der Waals surface area contributed by atoms with Crippen molar-refractivity contribution in [3.05, 3.63) is 42.0 Å². The molecule has 2 aromatic rings. The lowest BCUT2D eigenvalue weighted by atomic mass is 9.95. The van der Waals surface area contributed by atoms with Crippen LogP contribution in [0, 0.1) is 0 Å². The van der Waals surface area contributed by atoms with Crippen LogP contribution in [0.3, 0.4) is 0 Å². The van der Waals surface area contributed by atoms with Crippen molar-refractivity contribution in [3.8, 4) is 23.0 Å². The number of hydrogen-bond donors (Lipinski definition) is 1. The highest BCUT2D eigenvalue weighted by Crippen LogP contribution is 2.34. The number of rotatable bonds is 11. The molecule has 0 saturated heterocycles. The van der Waals surface area contributed by atoms with Gasteiger partial charge in [0, 0.05) is 12.1 Å². The first-order chi connectivity index (χ1) is 17.2. The van der Waals surface area contributed by atoms with Crippen LogP contribution in [-0.2, 0) is 14.8 Å². The van der Waals surface area contributed by atoms with Crippen molar-refractivity contribution in [1.29, 1.82) is 0 Å². The highest BCUT2D eigenvalue weighted by Gasteiger charge is 2.34. The molecule has 1 N–H and O–H groups in total. The number of amides is 1. The third kappa shape index (κ3) is 6.22. The number of nitrogens with one attached hydrogen (secondary N) is 1. The summed E-state index contributed by atoms with van der Waals surface area (Å²) in [5.41, 5.74) is 0.813. The fraction of sp³-hybridized carbons (Fsp3) is 0.500. The van der Waals surface area contributed by atoms with Gasteiger partial charge in [0.15, 0.2) is 23.0 Å². The summed E-state index contributed by atoms with van der Waals surface area (Å²) in [5.74, 6) is 1.50. The number of hydrogen-bond acceptors (Lipinski definition) is 7. The molecule has 1 aliphatic rings. The van der Waals surface area contributed by atoms with Crippen LogP contribution in [0.25, 0.3) is 0 Å². The summed E-state index contributed by atoms with van der Waals surface area (Å²) < 4.78 is 50.1. The van der Waals surface area contributed by atoms with E-state index in [1.54, 1.807) is 32.4 Å². The second-order valence-corrected chi connectivity index (χ2v) is 10.7. The van der Waals surface area contributed by atoms with Crippen molar-refractivity contribution in [2.24, 2.45) is 0 Å². The van der Waals surface area contributed by atoms with E-state index in [2.05, 4.69) is 5.32 Å².